The lowest BCUT2D eigenvalue weighted by molar-refractivity contribution is -0.126. The fourth-order valence-corrected chi connectivity index (χ4v) is 3.67. The molecule has 3 amide bonds. The molecule has 0 saturated heterocycles. The molecule has 0 aliphatic carbocycles. The minimum absolute atomic E-state index is 0.163. The number of imide groups is 1. The monoisotopic (exact) mass is 420 g/mol. The lowest BCUT2D eigenvalue weighted by atomic mass is 10.1. The molecule has 0 radical (unpaired) electrons. The maximum absolute atomic E-state index is 12.7. The number of halogens is 1. The van der Waals surface area contributed by atoms with Gasteiger partial charge in [-0.25, -0.2) is 4.90 Å². The summed E-state index contributed by atoms with van der Waals surface area (Å²) < 4.78 is 5.33. The molecule has 150 valence electrons. The van der Waals surface area contributed by atoms with Gasteiger partial charge < -0.3 is 10.1 Å². The van der Waals surface area contributed by atoms with Crippen molar-refractivity contribution in [2.75, 3.05) is 17.3 Å². The molecule has 7 heteroatoms. The van der Waals surface area contributed by atoms with E-state index in [1.807, 2.05) is 18.2 Å². The molecule has 6 nitrogen and oxygen atoms in total. The molecule has 1 aliphatic rings. The molecule has 3 aromatic rings. The molecule has 1 heterocycles. The van der Waals surface area contributed by atoms with E-state index < -0.39 is 17.9 Å². The van der Waals surface area contributed by atoms with Gasteiger partial charge in [0.15, 0.2) is 6.10 Å². The molecule has 3 aromatic carbocycles. The molecular weight excluding hydrogens is 404 g/mol. The van der Waals surface area contributed by atoms with Crippen molar-refractivity contribution in [1.29, 1.82) is 0 Å². The van der Waals surface area contributed by atoms with Crippen molar-refractivity contribution in [2.45, 2.75) is 6.10 Å². The van der Waals surface area contributed by atoms with Crippen LogP contribution in [0.5, 0.6) is 0 Å². The van der Waals surface area contributed by atoms with Crippen LogP contribution in [0.2, 0.25) is 5.02 Å². The van der Waals surface area contributed by atoms with E-state index in [1.165, 1.54) is 19.2 Å². The van der Waals surface area contributed by atoms with Gasteiger partial charge in [-0.05, 0) is 35.9 Å². The first-order valence-electron chi connectivity index (χ1n) is 9.17. The molecule has 0 bridgehead atoms. The number of amides is 3. The van der Waals surface area contributed by atoms with Crippen LogP contribution in [0.15, 0.2) is 72.8 Å². The van der Waals surface area contributed by atoms with E-state index in [4.69, 9.17) is 16.3 Å². The molecule has 0 spiro atoms. The zero-order chi connectivity index (χ0) is 21.3. The second-order valence-electron chi connectivity index (χ2n) is 6.67. The molecule has 0 aromatic heterocycles. The summed E-state index contributed by atoms with van der Waals surface area (Å²) in [5.41, 5.74) is 2.06. The highest BCUT2D eigenvalue weighted by atomic mass is 35.5. The van der Waals surface area contributed by atoms with E-state index in [1.54, 1.807) is 42.5 Å². The summed E-state index contributed by atoms with van der Waals surface area (Å²) >= 11 is 6.37. The van der Waals surface area contributed by atoms with Crippen LogP contribution in [0.3, 0.4) is 0 Å². The van der Waals surface area contributed by atoms with Crippen LogP contribution in [-0.2, 0) is 9.53 Å². The Morgan fingerprint density at radius 3 is 2.10 bits per heavy atom. The van der Waals surface area contributed by atoms with Crippen LogP contribution in [0.4, 0.5) is 11.4 Å². The minimum Gasteiger partial charge on any atom is -0.367 e. The number of hydrogen-bond acceptors (Lipinski definition) is 4. The predicted octanol–water partition coefficient (Wildman–Crippen LogP) is 4.47. The van der Waals surface area contributed by atoms with Crippen molar-refractivity contribution in [2.24, 2.45) is 0 Å². The fourth-order valence-electron chi connectivity index (χ4n) is 3.40. The Kier molecular flexibility index (Phi) is 5.35. The first-order chi connectivity index (χ1) is 14.5. The quantitative estimate of drug-likeness (QED) is 0.618. The first kappa shape index (κ1) is 19.8. The normalized spacial score (nSPS) is 13.9. The van der Waals surface area contributed by atoms with Gasteiger partial charge in [-0.3, -0.25) is 14.4 Å². The maximum atomic E-state index is 12.7. The number of ether oxygens (including phenoxy) is 1. The van der Waals surface area contributed by atoms with Crippen LogP contribution in [0.25, 0.3) is 0 Å². The van der Waals surface area contributed by atoms with Gasteiger partial charge in [-0.2, -0.15) is 0 Å². The lowest BCUT2D eigenvalue weighted by Gasteiger charge is -2.18. The Morgan fingerprint density at radius 2 is 1.53 bits per heavy atom. The van der Waals surface area contributed by atoms with Crippen molar-refractivity contribution < 1.29 is 19.1 Å². The molecule has 1 aliphatic heterocycles. The number of rotatable bonds is 5. The zero-order valence-electron chi connectivity index (χ0n) is 16.0. The van der Waals surface area contributed by atoms with Crippen molar-refractivity contribution >= 4 is 40.7 Å². The average Bonchev–Trinajstić information content (AvgIpc) is 3.00. The Hall–Kier alpha value is -3.48. The van der Waals surface area contributed by atoms with Crippen molar-refractivity contribution in [3.63, 3.8) is 0 Å². The SMILES string of the molecule is COC(C(=O)Nc1ccc(N2C(=O)c3ccccc3C2=O)c(Cl)c1)c1ccccc1. The summed E-state index contributed by atoms with van der Waals surface area (Å²) in [4.78, 5) is 39.0. The van der Waals surface area contributed by atoms with Crippen LogP contribution in [0.1, 0.15) is 32.4 Å². The standard InChI is InChI=1S/C23H17ClN2O4/c1-30-20(14-7-3-2-4-8-14)21(27)25-15-11-12-19(18(24)13-15)26-22(28)16-9-5-6-10-17(16)23(26)29/h2-13,20H,1H3,(H,25,27). The summed E-state index contributed by atoms with van der Waals surface area (Å²) in [6.45, 7) is 0. The number of nitrogens with one attached hydrogen (secondary N) is 1. The first-order valence-corrected chi connectivity index (χ1v) is 9.55. The summed E-state index contributed by atoms with van der Waals surface area (Å²) in [6, 6.07) is 20.3. The average molecular weight is 421 g/mol. The zero-order valence-corrected chi connectivity index (χ0v) is 16.7. The third-order valence-electron chi connectivity index (χ3n) is 4.83. The van der Waals surface area contributed by atoms with Gasteiger partial charge in [-0.15, -0.1) is 0 Å². The second-order valence-corrected chi connectivity index (χ2v) is 7.08. The molecule has 30 heavy (non-hydrogen) atoms. The van der Waals surface area contributed by atoms with Crippen LogP contribution in [0, 0.1) is 0 Å². The molecular formula is C23H17ClN2O4. The van der Waals surface area contributed by atoms with E-state index in [0.29, 0.717) is 22.4 Å². The number of fused-ring (bicyclic) bond motifs is 1. The third kappa shape index (κ3) is 3.47. The van der Waals surface area contributed by atoms with Gasteiger partial charge in [-0.1, -0.05) is 54.1 Å². The molecule has 1 unspecified atom stereocenters. The topological polar surface area (TPSA) is 75.7 Å². The smallest absolute Gasteiger partial charge is 0.266 e. The summed E-state index contributed by atoms with van der Waals surface area (Å²) in [7, 11) is 1.45. The molecule has 0 fully saturated rings. The molecule has 1 N–H and O–H groups in total. The largest absolute Gasteiger partial charge is 0.367 e. The number of carbonyl (C=O) groups excluding carboxylic acids is 3. The van der Waals surface area contributed by atoms with E-state index in [-0.39, 0.29) is 16.6 Å². The highest BCUT2D eigenvalue weighted by molar-refractivity contribution is 6.40. The van der Waals surface area contributed by atoms with E-state index in [2.05, 4.69) is 5.32 Å². The van der Waals surface area contributed by atoms with Gasteiger partial charge in [0.1, 0.15) is 0 Å². The predicted molar refractivity (Wildman–Crippen MR) is 114 cm³/mol. The Balaban J connectivity index is 1.56. The van der Waals surface area contributed by atoms with Gasteiger partial charge in [0.25, 0.3) is 17.7 Å². The Labute approximate surface area is 178 Å². The van der Waals surface area contributed by atoms with Crippen molar-refractivity contribution in [3.05, 3.63) is 94.5 Å². The molecule has 0 saturated carbocycles. The number of nitrogens with zero attached hydrogens (tertiary/aromatic N) is 1. The van der Waals surface area contributed by atoms with Crippen molar-refractivity contribution in [3.8, 4) is 0 Å². The Bertz CT molecular complexity index is 1110. The molecule has 1 atom stereocenters. The van der Waals surface area contributed by atoms with Crippen LogP contribution in [-0.4, -0.2) is 24.8 Å². The van der Waals surface area contributed by atoms with E-state index >= 15 is 0 Å². The number of methoxy groups -OCH3 is 1. The summed E-state index contributed by atoms with van der Waals surface area (Å²) in [5.74, 6) is -1.23. The number of anilines is 2. The minimum atomic E-state index is -0.791. The van der Waals surface area contributed by atoms with Crippen LogP contribution < -0.4 is 10.2 Å². The maximum Gasteiger partial charge on any atom is 0.266 e. The number of hydrogen-bond donors (Lipinski definition) is 1. The van der Waals surface area contributed by atoms with E-state index in [9.17, 15) is 14.4 Å². The van der Waals surface area contributed by atoms with Crippen molar-refractivity contribution in [1.82, 2.24) is 0 Å². The van der Waals surface area contributed by atoms with Gasteiger partial charge in [0.2, 0.25) is 0 Å². The highest BCUT2D eigenvalue weighted by Gasteiger charge is 2.37. The van der Waals surface area contributed by atoms with Gasteiger partial charge in [0.05, 0.1) is 21.8 Å². The number of benzene rings is 3. The fraction of sp³-hybridized carbons (Fsp3) is 0.0870. The Morgan fingerprint density at radius 1 is 0.933 bits per heavy atom. The van der Waals surface area contributed by atoms with Gasteiger partial charge in [0, 0.05) is 12.8 Å². The molecule has 4 rings (SSSR count). The highest BCUT2D eigenvalue weighted by Crippen LogP contribution is 2.35. The summed E-state index contributed by atoms with van der Waals surface area (Å²) in [5, 5.41) is 2.92. The third-order valence-corrected chi connectivity index (χ3v) is 5.13. The van der Waals surface area contributed by atoms with E-state index in [0.717, 1.165) is 4.90 Å². The lowest BCUT2D eigenvalue weighted by Crippen LogP contribution is -2.29. The second kappa shape index (κ2) is 8.10. The number of carbonyl (C=O) groups is 3. The van der Waals surface area contributed by atoms with Gasteiger partial charge >= 0.3 is 0 Å². The summed E-state index contributed by atoms with van der Waals surface area (Å²) in [6.07, 6.45) is -0.791. The van der Waals surface area contributed by atoms with Crippen LogP contribution >= 0.6 is 11.6 Å².